The lowest BCUT2D eigenvalue weighted by atomic mass is 9.94. The van der Waals surface area contributed by atoms with E-state index in [1.165, 1.54) is 4.90 Å². The minimum atomic E-state index is -0.939. The summed E-state index contributed by atoms with van der Waals surface area (Å²) < 4.78 is 0. The molecular formula is C16H20N2O3. The number of rotatable bonds is 2. The van der Waals surface area contributed by atoms with E-state index in [9.17, 15) is 14.7 Å². The van der Waals surface area contributed by atoms with Crippen molar-refractivity contribution in [3.63, 3.8) is 0 Å². The molecule has 1 saturated carbocycles. The summed E-state index contributed by atoms with van der Waals surface area (Å²) in [5.41, 5.74) is 2.06. The van der Waals surface area contributed by atoms with E-state index >= 15 is 0 Å². The second-order valence-electron chi connectivity index (χ2n) is 5.89. The Morgan fingerprint density at radius 1 is 1.14 bits per heavy atom. The van der Waals surface area contributed by atoms with E-state index in [1.807, 2.05) is 24.3 Å². The van der Waals surface area contributed by atoms with Crippen molar-refractivity contribution in [1.82, 2.24) is 10.2 Å². The second kappa shape index (κ2) is 5.76. The number of hydrogen-bond acceptors (Lipinski definition) is 2. The third-order valence-electron chi connectivity index (χ3n) is 4.48. The fourth-order valence-corrected chi connectivity index (χ4v) is 3.28. The molecule has 5 heteroatoms. The van der Waals surface area contributed by atoms with Gasteiger partial charge in [0, 0.05) is 19.0 Å². The van der Waals surface area contributed by atoms with Crippen LogP contribution in [-0.2, 0) is 17.8 Å². The Kier molecular flexibility index (Phi) is 3.82. The molecule has 2 amide bonds. The summed E-state index contributed by atoms with van der Waals surface area (Å²) in [6.45, 7) is 0.367. The van der Waals surface area contributed by atoms with Gasteiger partial charge in [-0.2, -0.15) is 0 Å². The maximum atomic E-state index is 12.4. The molecule has 1 aromatic rings. The standard InChI is InChI=1S/C16H20N2O3/c19-15(20)14-9-11-5-1-2-6-12(11)10-18(14)16(21)17-13-7-3-4-8-13/h1-2,5-6,13-14H,3-4,7-10H2,(H,17,21)(H,19,20)/t14-/m1/s1. The molecule has 1 aliphatic heterocycles. The largest absolute Gasteiger partial charge is 0.480 e. The van der Waals surface area contributed by atoms with Crippen LogP contribution >= 0.6 is 0 Å². The monoisotopic (exact) mass is 288 g/mol. The van der Waals surface area contributed by atoms with Crippen LogP contribution in [0.25, 0.3) is 0 Å². The SMILES string of the molecule is O=C(O)[C@H]1Cc2ccccc2CN1C(=O)NC1CCCC1. The average molecular weight is 288 g/mol. The highest BCUT2D eigenvalue weighted by Crippen LogP contribution is 2.24. The summed E-state index contributed by atoms with van der Waals surface area (Å²) in [6, 6.07) is 6.91. The lowest BCUT2D eigenvalue weighted by Crippen LogP contribution is -2.53. The van der Waals surface area contributed by atoms with Crippen LogP contribution in [0.1, 0.15) is 36.8 Å². The first-order valence-corrected chi connectivity index (χ1v) is 7.52. The van der Waals surface area contributed by atoms with Gasteiger partial charge in [-0.05, 0) is 24.0 Å². The van der Waals surface area contributed by atoms with E-state index in [4.69, 9.17) is 0 Å². The summed E-state index contributed by atoms with van der Waals surface area (Å²) in [6.07, 6.45) is 4.64. The number of hydrogen-bond donors (Lipinski definition) is 2. The van der Waals surface area contributed by atoms with E-state index in [0.717, 1.165) is 36.8 Å². The zero-order chi connectivity index (χ0) is 14.8. The first kappa shape index (κ1) is 13.9. The summed E-state index contributed by atoms with van der Waals surface area (Å²) in [7, 11) is 0. The van der Waals surface area contributed by atoms with Crippen molar-refractivity contribution >= 4 is 12.0 Å². The van der Waals surface area contributed by atoms with Crippen molar-refractivity contribution in [1.29, 1.82) is 0 Å². The maximum absolute atomic E-state index is 12.4. The Morgan fingerprint density at radius 2 is 1.81 bits per heavy atom. The minimum Gasteiger partial charge on any atom is -0.480 e. The van der Waals surface area contributed by atoms with Gasteiger partial charge in [-0.15, -0.1) is 0 Å². The molecule has 1 fully saturated rings. The van der Waals surface area contributed by atoms with Crippen molar-refractivity contribution in [2.75, 3.05) is 0 Å². The molecule has 2 N–H and O–H groups in total. The number of carbonyl (C=O) groups excluding carboxylic acids is 1. The number of carbonyl (C=O) groups is 2. The van der Waals surface area contributed by atoms with Crippen LogP contribution in [-0.4, -0.2) is 34.1 Å². The molecule has 3 rings (SSSR count). The summed E-state index contributed by atoms with van der Waals surface area (Å²) in [5.74, 6) is -0.939. The first-order valence-electron chi connectivity index (χ1n) is 7.52. The Bertz CT molecular complexity index is 552. The van der Waals surface area contributed by atoms with Gasteiger partial charge in [-0.1, -0.05) is 37.1 Å². The Balaban J connectivity index is 1.78. The van der Waals surface area contributed by atoms with Crippen molar-refractivity contribution in [3.8, 4) is 0 Å². The molecule has 0 radical (unpaired) electrons. The molecule has 1 aliphatic carbocycles. The Labute approximate surface area is 123 Å². The number of fused-ring (bicyclic) bond motifs is 1. The Hall–Kier alpha value is -2.04. The third kappa shape index (κ3) is 2.86. The highest BCUT2D eigenvalue weighted by molar-refractivity contribution is 5.83. The molecule has 5 nitrogen and oxygen atoms in total. The van der Waals surface area contributed by atoms with Gasteiger partial charge in [0.25, 0.3) is 0 Å². The van der Waals surface area contributed by atoms with Gasteiger partial charge >= 0.3 is 12.0 Å². The van der Waals surface area contributed by atoms with Crippen molar-refractivity contribution < 1.29 is 14.7 Å². The molecule has 0 unspecified atom stereocenters. The molecule has 0 aromatic heterocycles. The van der Waals surface area contributed by atoms with Gasteiger partial charge in [-0.3, -0.25) is 0 Å². The van der Waals surface area contributed by atoms with Gasteiger partial charge in [0.1, 0.15) is 6.04 Å². The van der Waals surface area contributed by atoms with E-state index < -0.39 is 12.0 Å². The molecule has 2 aliphatic rings. The van der Waals surface area contributed by atoms with Crippen LogP contribution in [0.15, 0.2) is 24.3 Å². The first-order chi connectivity index (χ1) is 10.1. The lowest BCUT2D eigenvalue weighted by molar-refractivity contribution is -0.142. The van der Waals surface area contributed by atoms with E-state index in [2.05, 4.69) is 5.32 Å². The van der Waals surface area contributed by atoms with Crippen LogP contribution in [0.3, 0.4) is 0 Å². The fraction of sp³-hybridized carbons (Fsp3) is 0.500. The van der Waals surface area contributed by atoms with Crippen LogP contribution in [0.4, 0.5) is 4.79 Å². The van der Waals surface area contributed by atoms with Gasteiger partial charge < -0.3 is 15.3 Å². The number of nitrogens with one attached hydrogen (secondary N) is 1. The normalized spacial score (nSPS) is 21.9. The summed E-state index contributed by atoms with van der Waals surface area (Å²) in [4.78, 5) is 25.4. The molecule has 1 aromatic carbocycles. The molecule has 112 valence electrons. The second-order valence-corrected chi connectivity index (χ2v) is 5.89. The highest BCUT2D eigenvalue weighted by atomic mass is 16.4. The predicted octanol–water partition coefficient (Wildman–Crippen LogP) is 2.15. The van der Waals surface area contributed by atoms with E-state index in [0.29, 0.717) is 13.0 Å². The minimum absolute atomic E-state index is 0.198. The molecule has 0 spiro atoms. The van der Waals surface area contributed by atoms with Gasteiger partial charge in [0.05, 0.1) is 0 Å². The summed E-state index contributed by atoms with van der Waals surface area (Å²) >= 11 is 0. The highest BCUT2D eigenvalue weighted by Gasteiger charge is 2.35. The topological polar surface area (TPSA) is 69.6 Å². The van der Waals surface area contributed by atoms with Crippen molar-refractivity contribution in [2.24, 2.45) is 0 Å². The van der Waals surface area contributed by atoms with E-state index in [-0.39, 0.29) is 12.1 Å². The zero-order valence-electron chi connectivity index (χ0n) is 11.9. The molecule has 1 atom stereocenters. The molecule has 0 saturated heterocycles. The van der Waals surface area contributed by atoms with Crippen molar-refractivity contribution in [2.45, 2.75) is 50.7 Å². The third-order valence-corrected chi connectivity index (χ3v) is 4.48. The van der Waals surface area contributed by atoms with Crippen LogP contribution < -0.4 is 5.32 Å². The van der Waals surface area contributed by atoms with Gasteiger partial charge in [0.2, 0.25) is 0 Å². The average Bonchev–Trinajstić information content (AvgIpc) is 2.98. The Morgan fingerprint density at radius 3 is 2.48 bits per heavy atom. The fourth-order valence-electron chi connectivity index (χ4n) is 3.28. The van der Waals surface area contributed by atoms with Crippen molar-refractivity contribution in [3.05, 3.63) is 35.4 Å². The number of amides is 2. The number of carboxylic acids is 1. The molecular weight excluding hydrogens is 268 g/mol. The predicted molar refractivity (Wildman–Crippen MR) is 77.9 cm³/mol. The van der Waals surface area contributed by atoms with E-state index in [1.54, 1.807) is 0 Å². The maximum Gasteiger partial charge on any atom is 0.326 e. The molecule has 1 heterocycles. The quantitative estimate of drug-likeness (QED) is 0.876. The van der Waals surface area contributed by atoms with Gasteiger partial charge in [0.15, 0.2) is 0 Å². The molecule has 21 heavy (non-hydrogen) atoms. The smallest absolute Gasteiger partial charge is 0.326 e. The van der Waals surface area contributed by atoms with Crippen LogP contribution in [0.5, 0.6) is 0 Å². The molecule has 0 bridgehead atoms. The van der Waals surface area contributed by atoms with Crippen LogP contribution in [0, 0.1) is 0 Å². The summed E-state index contributed by atoms with van der Waals surface area (Å²) in [5, 5.41) is 12.4. The zero-order valence-corrected chi connectivity index (χ0v) is 11.9. The number of nitrogens with zero attached hydrogens (tertiary/aromatic N) is 1. The number of benzene rings is 1. The lowest BCUT2D eigenvalue weighted by Gasteiger charge is -2.35. The number of urea groups is 1. The number of carboxylic acid groups (broad SMARTS) is 1. The van der Waals surface area contributed by atoms with Crippen LogP contribution in [0.2, 0.25) is 0 Å². The van der Waals surface area contributed by atoms with Gasteiger partial charge in [-0.25, -0.2) is 9.59 Å². The number of aliphatic carboxylic acids is 1.